The molecule has 42 heavy (non-hydrogen) atoms. The van der Waals surface area contributed by atoms with Crippen LogP contribution in [0.2, 0.25) is 0 Å². The first-order valence-electron chi connectivity index (χ1n) is 13.2. The van der Waals surface area contributed by atoms with Crippen LogP contribution in [0.5, 0.6) is 0 Å². The maximum Gasteiger partial charge on any atom is 0.412 e. The minimum Gasteiger partial charge on any atom is -0.444 e. The second-order valence-electron chi connectivity index (χ2n) is 10.8. The third-order valence-corrected chi connectivity index (χ3v) is 9.00. The van der Waals surface area contributed by atoms with Gasteiger partial charge in [0.2, 0.25) is 5.91 Å². The monoisotopic (exact) mass is 606 g/mol. The van der Waals surface area contributed by atoms with Gasteiger partial charge >= 0.3 is 6.09 Å². The van der Waals surface area contributed by atoms with Crippen molar-refractivity contribution in [2.24, 2.45) is 0 Å². The summed E-state index contributed by atoms with van der Waals surface area (Å²) in [4.78, 5) is 27.7. The SMILES string of the molecule is CN(C)Cc1cccc(-c2ccc(S(=O)(=O)n3ccc(/C=C/C(=O)Nc4ccccc4NC(=O)OC(C)(C)C)c3)s2)c1. The number of carbonyl (C=O) groups excluding carboxylic acids is 2. The van der Waals surface area contributed by atoms with Crippen LogP contribution in [0.15, 0.2) is 89.4 Å². The van der Waals surface area contributed by atoms with Crippen molar-refractivity contribution in [2.45, 2.75) is 37.1 Å². The molecule has 0 aliphatic heterocycles. The van der Waals surface area contributed by atoms with Crippen molar-refractivity contribution in [3.8, 4) is 10.4 Å². The van der Waals surface area contributed by atoms with E-state index >= 15 is 0 Å². The number of anilines is 2. The van der Waals surface area contributed by atoms with Gasteiger partial charge in [-0.3, -0.25) is 10.1 Å². The Hall–Kier alpha value is -4.19. The Balaban J connectivity index is 1.43. The lowest BCUT2D eigenvalue weighted by molar-refractivity contribution is -0.111. The summed E-state index contributed by atoms with van der Waals surface area (Å²) in [7, 11) is 0.191. The Bertz CT molecular complexity index is 1710. The molecule has 0 bridgehead atoms. The summed E-state index contributed by atoms with van der Waals surface area (Å²) >= 11 is 1.21. The lowest BCUT2D eigenvalue weighted by Crippen LogP contribution is -2.27. The molecule has 9 nitrogen and oxygen atoms in total. The number of rotatable bonds is 9. The number of benzene rings is 2. The number of nitrogens with one attached hydrogen (secondary N) is 2. The predicted octanol–water partition coefficient (Wildman–Crippen LogP) is 6.51. The van der Waals surface area contributed by atoms with Gasteiger partial charge in [0.05, 0.1) is 11.4 Å². The highest BCUT2D eigenvalue weighted by Gasteiger charge is 2.20. The standard InChI is InChI=1S/C31H34N4O5S2/c1-31(2,3)40-30(37)33-26-12-7-6-11-25(26)32-28(36)15-13-22-17-18-35(21-22)42(38,39)29-16-14-27(41-29)24-10-8-9-23(19-24)20-34(4)5/h6-19,21H,20H2,1-5H3,(H,32,36)(H,33,37)/b15-13+. The van der Waals surface area contributed by atoms with Crippen molar-refractivity contribution in [3.05, 3.63) is 96.3 Å². The molecule has 0 saturated carbocycles. The molecule has 0 unspecified atom stereocenters. The molecule has 0 fully saturated rings. The summed E-state index contributed by atoms with van der Waals surface area (Å²) in [5.74, 6) is -0.455. The number of thiophene rings is 1. The fraction of sp³-hybridized carbons (Fsp3) is 0.226. The molecule has 11 heteroatoms. The summed E-state index contributed by atoms with van der Waals surface area (Å²) < 4.78 is 33.3. The molecule has 0 spiro atoms. The quantitative estimate of drug-likeness (QED) is 0.210. The maximum absolute atomic E-state index is 13.3. The van der Waals surface area contributed by atoms with E-state index in [0.29, 0.717) is 16.9 Å². The van der Waals surface area contributed by atoms with E-state index in [1.165, 1.54) is 35.9 Å². The molecule has 0 aliphatic carbocycles. The number of carbonyl (C=O) groups is 2. The molecule has 2 N–H and O–H groups in total. The zero-order valence-electron chi connectivity index (χ0n) is 24.1. The molecule has 2 amide bonds. The van der Waals surface area contributed by atoms with Crippen molar-refractivity contribution < 1.29 is 22.7 Å². The molecule has 2 aromatic carbocycles. The van der Waals surface area contributed by atoms with E-state index < -0.39 is 27.6 Å². The third-order valence-electron chi connectivity index (χ3n) is 5.76. The number of ether oxygens (including phenoxy) is 1. The number of nitrogens with zero attached hydrogens (tertiary/aromatic N) is 2. The van der Waals surface area contributed by atoms with E-state index in [0.717, 1.165) is 26.5 Å². The lowest BCUT2D eigenvalue weighted by atomic mass is 10.1. The number of amides is 2. The van der Waals surface area contributed by atoms with Crippen LogP contribution in [0.4, 0.5) is 16.2 Å². The van der Waals surface area contributed by atoms with Gasteiger partial charge in [-0.05, 0) is 94.0 Å². The van der Waals surface area contributed by atoms with Crippen LogP contribution in [-0.2, 0) is 26.1 Å². The van der Waals surface area contributed by atoms with Crippen molar-refractivity contribution in [2.75, 3.05) is 24.7 Å². The molecular weight excluding hydrogens is 572 g/mol. The average Bonchev–Trinajstić information content (AvgIpc) is 3.59. The van der Waals surface area contributed by atoms with Gasteiger partial charge in [0, 0.05) is 29.9 Å². The minimum atomic E-state index is -3.81. The highest BCUT2D eigenvalue weighted by Crippen LogP contribution is 2.32. The molecule has 220 valence electrons. The smallest absolute Gasteiger partial charge is 0.412 e. The Morgan fingerprint density at radius 1 is 0.976 bits per heavy atom. The molecule has 4 rings (SSSR count). The number of aromatic nitrogens is 1. The van der Waals surface area contributed by atoms with Crippen LogP contribution in [0.25, 0.3) is 16.5 Å². The highest BCUT2D eigenvalue weighted by molar-refractivity contribution is 7.92. The van der Waals surface area contributed by atoms with Gasteiger partial charge in [-0.25, -0.2) is 8.77 Å². The Morgan fingerprint density at radius 3 is 2.38 bits per heavy atom. The summed E-state index contributed by atoms with van der Waals surface area (Å²) in [6.07, 6.45) is 5.07. The van der Waals surface area contributed by atoms with Gasteiger partial charge in [0.25, 0.3) is 10.0 Å². The highest BCUT2D eigenvalue weighted by atomic mass is 32.2. The molecule has 4 aromatic rings. The van der Waals surface area contributed by atoms with Crippen LogP contribution in [0.3, 0.4) is 0 Å². The summed E-state index contributed by atoms with van der Waals surface area (Å²) in [6, 6.07) is 19.8. The van der Waals surface area contributed by atoms with Crippen molar-refractivity contribution in [1.29, 1.82) is 0 Å². The van der Waals surface area contributed by atoms with Crippen LogP contribution in [0.1, 0.15) is 31.9 Å². The third kappa shape index (κ3) is 8.19. The number of hydrogen-bond acceptors (Lipinski definition) is 7. The molecule has 2 heterocycles. The molecule has 0 radical (unpaired) electrons. The fourth-order valence-electron chi connectivity index (χ4n) is 4.01. The molecule has 0 atom stereocenters. The van der Waals surface area contributed by atoms with Crippen molar-refractivity contribution in [1.82, 2.24) is 8.87 Å². The fourth-order valence-corrected chi connectivity index (χ4v) is 6.62. The summed E-state index contributed by atoms with van der Waals surface area (Å²) in [5, 5.41) is 5.36. The predicted molar refractivity (Wildman–Crippen MR) is 168 cm³/mol. The van der Waals surface area contributed by atoms with Gasteiger partial charge in [0.1, 0.15) is 9.81 Å². The summed E-state index contributed by atoms with van der Waals surface area (Å²) in [5.41, 5.74) is 2.74. The first kappa shape index (κ1) is 30.8. The number of hydrogen-bond donors (Lipinski definition) is 2. The maximum atomic E-state index is 13.3. The van der Waals surface area contributed by atoms with Crippen molar-refractivity contribution in [3.63, 3.8) is 0 Å². The second-order valence-corrected chi connectivity index (χ2v) is 14.0. The normalized spacial score (nSPS) is 12.0. The van der Waals surface area contributed by atoms with E-state index in [1.807, 2.05) is 38.4 Å². The molecule has 0 saturated heterocycles. The Kier molecular flexibility index (Phi) is 9.35. The lowest BCUT2D eigenvalue weighted by Gasteiger charge is -2.20. The van der Waals surface area contributed by atoms with Crippen LogP contribution in [-0.4, -0.2) is 49.0 Å². The van der Waals surface area contributed by atoms with E-state index in [2.05, 4.69) is 21.6 Å². The molecule has 2 aromatic heterocycles. The van der Waals surface area contributed by atoms with Crippen LogP contribution < -0.4 is 10.6 Å². The largest absolute Gasteiger partial charge is 0.444 e. The minimum absolute atomic E-state index is 0.216. The van der Waals surface area contributed by atoms with Gasteiger partial charge in [-0.1, -0.05) is 30.3 Å². The Morgan fingerprint density at radius 2 is 1.69 bits per heavy atom. The van der Waals surface area contributed by atoms with E-state index in [-0.39, 0.29) is 4.21 Å². The van der Waals surface area contributed by atoms with Gasteiger partial charge in [-0.15, -0.1) is 11.3 Å². The van der Waals surface area contributed by atoms with Gasteiger partial charge < -0.3 is 15.0 Å². The first-order chi connectivity index (χ1) is 19.8. The van der Waals surface area contributed by atoms with Crippen LogP contribution in [0, 0.1) is 0 Å². The topological polar surface area (TPSA) is 110 Å². The van der Waals surface area contributed by atoms with Crippen LogP contribution >= 0.6 is 11.3 Å². The Labute approximate surface area is 250 Å². The van der Waals surface area contributed by atoms with Gasteiger partial charge in [-0.2, -0.15) is 8.42 Å². The van der Waals surface area contributed by atoms with E-state index in [9.17, 15) is 18.0 Å². The van der Waals surface area contributed by atoms with E-state index in [4.69, 9.17) is 4.74 Å². The van der Waals surface area contributed by atoms with E-state index in [1.54, 1.807) is 57.2 Å². The molecule has 0 aliphatic rings. The second kappa shape index (κ2) is 12.8. The number of para-hydroxylation sites is 2. The zero-order chi connectivity index (χ0) is 30.5. The van der Waals surface area contributed by atoms with Gasteiger partial charge in [0.15, 0.2) is 0 Å². The average molecular weight is 607 g/mol. The first-order valence-corrected chi connectivity index (χ1v) is 15.4. The zero-order valence-corrected chi connectivity index (χ0v) is 25.8. The molecular formula is C31H34N4O5S2. The van der Waals surface area contributed by atoms with Crippen molar-refractivity contribution >= 4 is 50.8 Å². The summed E-state index contributed by atoms with van der Waals surface area (Å²) in [6.45, 7) is 6.06.